The number of thioether (sulfide) groups is 1. The standard InChI is InChI=1S/C15H15BrN2O2S/c1-9(2)14-10(15(19)20)7-17-13(18-14)8-21-12-6-4-3-5-11(12)16/h3-7,9H,8H2,1-2H3,(H,19,20). The van der Waals surface area contributed by atoms with Crippen molar-refractivity contribution in [2.45, 2.75) is 30.4 Å². The monoisotopic (exact) mass is 366 g/mol. The Bertz CT molecular complexity index is 662. The molecule has 1 heterocycles. The second kappa shape index (κ2) is 7.04. The summed E-state index contributed by atoms with van der Waals surface area (Å²) in [6.07, 6.45) is 1.40. The molecular weight excluding hydrogens is 352 g/mol. The zero-order valence-electron chi connectivity index (χ0n) is 11.7. The van der Waals surface area contributed by atoms with Crippen molar-refractivity contribution in [3.05, 3.63) is 52.0 Å². The number of carboxylic acids is 1. The molecule has 1 aromatic carbocycles. The maximum Gasteiger partial charge on any atom is 0.339 e. The quantitative estimate of drug-likeness (QED) is 0.796. The first-order valence-electron chi connectivity index (χ1n) is 6.45. The van der Waals surface area contributed by atoms with Gasteiger partial charge in [-0.2, -0.15) is 0 Å². The van der Waals surface area contributed by atoms with Crippen LogP contribution in [0.15, 0.2) is 39.8 Å². The fourth-order valence-corrected chi connectivity index (χ4v) is 3.24. The zero-order chi connectivity index (χ0) is 15.4. The second-order valence-electron chi connectivity index (χ2n) is 4.76. The van der Waals surface area contributed by atoms with Gasteiger partial charge in [-0.25, -0.2) is 14.8 Å². The lowest BCUT2D eigenvalue weighted by molar-refractivity contribution is 0.0694. The van der Waals surface area contributed by atoms with Crippen LogP contribution in [-0.2, 0) is 5.75 Å². The van der Waals surface area contributed by atoms with E-state index in [1.165, 1.54) is 6.20 Å². The third-order valence-corrected chi connectivity index (χ3v) is 4.86. The van der Waals surface area contributed by atoms with E-state index < -0.39 is 5.97 Å². The maximum atomic E-state index is 11.2. The SMILES string of the molecule is CC(C)c1nc(CSc2ccccc2Br)ncc1C(=O)O. The lowest BCUT2D eigenvalue weighted by Crippen LogP contribution is -2.09. The van der Waals surface area contributed by atoms with Gasteiger partial charge in [0.25, 0.3) is 0 Å². The highest BCUT2D eigenvalue weighted by atomic mass is 79.9. The molecule has 0 spiro atoms. The van der Waals surface area contributed by atoms with Gasteiger partial charge in [-0.3, -0.25) is 0 Å². The van der Waals surface area contributed by atoms with E-state index in [9.17, 15) is 4.79 Å². The first-order valence-corrected chi connectivity index (χ1v) is 8.23. The predicted molar refractivity (Wildman–Crippen MR) is 86.8 cm³/mol. The summed E-state index contributed by atoms with van der Waals surface area (Å²) in [6.45, 7) is 3.86. The van der Waals surface area contributed by atoms with Crippen molar-refractivity contribution in [2.75, 3.05) is 0 Å². The van der Waals surface area contributed by atoms with Crippen LogP contribution in [0.1, 0.15) is 41.6 Å². The summed E-state index contributed by atoms with van der Waals surface area (Å²) in [4.78, 5) is 20.8. The van der Waals surface area contributed by atoms with Crippen LogP contribution in [0.25, 0.3) is 0 Å². The summed E-state index contributed by atoms with van der Waals surface area (Å²) in [5.41, 5.74) is 0.764. The Kier molecular flexibility index (Phi) is 5.36. The molecule has 0 amide bonds. The van der Waals surface area contributed by atoms with Crippen LogP contribution in [0, 0.1) is 0 Å². The van der Waals surface area contributed by atoms with Crippen LogP contribution in [-0.4, -0.2) is 21.0 Å². The summed E-state index contributed by atoms with van der Waals surface area (Å²) >= 11 is 5.11. The van der Waals surface area contributed by atoms with Gasteiger partial charge in [0.05, 0.1) is 17.0 Å². The number of carboxylic acid groups (broad SMARTS) is 1. The van der Waals surface area contributed by atoms with Crippen LogP contribution >= 0.6 is 27.7 Å². The molecular formula is C15H15BrN2O2S. The normalized spacial score (nSPS) is 10.9. The average Bonchev–Trinajstić information content (AvgIpc) is 2.46. The van der Waals surface area contributed by atoms with Gasteiger partial charge >= 0.3 is 5.97 Å². The topological polar surface area (TPSA) is 63.1 Å². The van der Waals surface area contributed by atoms with Crippen molar-refractivity contribution in [3.63, 3.8) is 0 Å². The van der Waals surface area contributed by atoms with Crippen molar-refractivity contribution in [2.24, 2.45) is 0 Å². The maximum absolute atomic E-state index is 11.2. The summed E-state index contributed by atoms with van der Waals surface area (Å²) in [5, 5.41) is 9.16. The molecule has 1 N–H and O–H groups in total. The minimum atomic E-state index is -0.983. The number of hydrogen-bond acceptors (Lipinski definition) is 4. The molecule has 0 unspecified atom stereocenters. The van der Waals surface area contributed by atoms with E-state index in [1.807, 2.05) is 38.1 Å². The van der Waals surface area contributed by atoms with Gasteiger partial charge in [0.1, 0.15) is 5.82 Å². The van der Waals surface area contributed by atoms with Crippen LogP contribution < -0.4 is 0 Å². The van der Waals surface area contributed by atoms with Gasteiger partial charge in [-0.1, -0.05) is 26.0 Å². The number of halogens is 1. The van der Waals surface area contributed by atoms with Crippen molar-refractivity contribution in [1.29, 1.82) is 0 Å². The Morgan fingerprint density at radius 2 is 2.10 bits per heavy atom. The number of nitrogens with zero attached hydrogens (tertiary/aromatic N) is 2. The molecule has 0 bridgehead atoms. The average molecular weight is 367 g/mol. The van der Waals surface area contributed by atoms with E-state index in [0.717, 1.165) is 9.37 Å². The van der Waals surface area contributed by atoms with Gasteiger partial charge in [0, 0.05) is 15.6 Å². The number of carbonyl (C=O) groups is 1. The first-order chi connectivity index (χ1) is 9.99. The Morgan fingerprint density at radius 1 is 1.38 bits per heavy atom. The molecule has 0 aliphatic carbocycles. The van der Waals surface area contributed by atoms with Gasteiger partial charge in [-0.15, -0.1) is 11.8 Å². The molecule has 2 rings (SSSR count). The van der Waals surface area contributed by atoms with Crippen LogP contribution in [0.2, 0.25) is 0 Å². The summed E-state index contributed by atoms with van der Waals surface area (Å²) in [5.74, 6) is 0.307. The fraction of sp³-hybridized carbons (Fsp3) is 0.267. The number of rotatable bonds is 5. The fourth-order valence-electron chi connectivity index (χ4n) is 1.81. The second-order valence-corrected chi connectivity index (χ2v) is 6.64. The largest absolute Gasteiger partial charge is 0.478 e. The third kappa shape index (κ3) is 4.04. The molecule has 0 atom stereocenters. The lowest BCUT2D eigenvalue weighted by atomic mass is 10.1. The Hall–Kier alpha value is -1.40. The van der Waals surface area contributed by atoms with Crippen LogP contribution in [0.5, 0.6) is 0 Å². The molecule has 4 nitrogen and oxygen atoms in total. The van der Waals surface area contributed by atoms with E-state index in [1.54, 1.807) is 11.8 Å². The van der Waals surface area contributed by atoms with Gasteiger partial charge in [0.2, 0.25) is 0 Å². The highest BCUT2D eigenvalue weighted by Crippen LogP contribution is 2.29. The molecule has 0 aliphatic rings. The van der Waals surface area contributed by atoms with E-state index in [-0.39, 0.29) is 11.5 Å². The van der Waals surface area contributed by atoms with Crippen molar-refractivity contribution < 1.29 is 9.90 Å². The minimum absolute atomic E-state index is 0.0475. The molecule has 110 valence electrons. The van der Waals surface area contributed by atoms with E-state index in [0.29, 0.717) is 17.3 Å². The molecule has 1 aromatic heterocycles. The number of hydrogen-bond donors (Lipinski definition) is 1. The zero-order valence-corrected chi connectivity index (χ0v) is 14.1. The van der Waals surface area contributed by atoms with Crippen molar-refractivity contribution in [1.82, 2.24) is 9.97 Å². The number of benzene rings is 1. The molecule has 0 saturated carbocycles. The Balaban J connectivity index is 2.20. The molecule has 21 heavy (non-hydrogen) atoms. The lowest BCUT2D eigenvalue weighted by Gasteiger charge is -2.10. The third-order valence-electron chi connectivity index (χ3n) is 2.84. The van der Waals surface area contributed by atoms with E-state index in [4.69, 9.17) is 5.11 Å². The van der Waals surface area contributed by atoms with E-state index in [2.05, 4.69) is 25.9 Å². The summed E-state index contributed by atoms with van der Waals surface area (Å²) in [6, 6.07) is 7.93. The van der Waals surface area contributed by atoms with Crippen molar-refractivity contribution >= 4 is 33.7 Å². The Labute approximate surface area is 136 Å². The molecule has 0 radical (unpaired) electrons. The first kappa shape index (κ1) is 16.0. The predicted octanol–water partition coefficient (Wildman–Crippen LogP) is 4.35. The van der Waals surface area contributed by atoms with Crippen molar-refractivity contribution in [3.8, 4) is 0 Å². The smallest absolute Gasteiger partial charge is 0.339 e. The van der Waals surface area contributed by atoms with Crippen LogP contribution in [0.3, 0.4) is 0 Å². The highest BCUT2D eigenvalue weighted by Gasteiger charge is 2.16. The minimum Gasteiger partial charge on any atom is -0.478 e. The summed E-state index contributed by atoms with van der Waals surface area (Å²) in [7, 11) is 0. The van der Waals surface area contributed by atoms with Crippen LogP contribution in [0.4, 0.5) is 0 Å². The Morgan fingerprint density at radius 3 is 2.71 bits per heavy atom. The molecule has 0 saturated heterocycles. The molecule has 0 fully saturated rings. The van der Waals surface area contributed by atoms with Gasteiger partial charge in [-0.05, 0) is 34.0 Å². The van der Waals surface area contributed by atoms with E-state index >= 15 is 0 Å². The molecule has 6 heteroatoms. The number of aromatic nitrogens is 2. The van der Waals surface area contributed by atoms with Gasteiger partial charge < -0.3 is 5.11 Å². The molecule has 0 aliphatic heterocycles. The van der Waals surface area contributed by atoms with Gasteiger partial charge in [0.15, 0.2) is 0 Å². The molecule has 2 aromatic rings. The summed E-state index contributed by atoms with van der Waals surface area (Å²) < 4.78 is 1.03. The number of aromatic carboxylic acids is 1. The highest BCUT2D eigenvalue weighted by molar-refractivity contribution is 9.10.